The third kappa shape index (κ3) is 4.55. The molecule has 0 atom stereocenters. The highest BCUT2D eigenvalue weighted by Crippen LogP contribution is 2.16. The molecule has 2 aromatic rings. The van der Waals surface area contributed by atoms with E-state index in [0.717, 1.165) is 49.7 Å². The summed E-state index contributed by atoms with van der Waals surface area (Å²) in [5.74, 6) is -0.173. The van der Waals surface area contributed by atoms with Crippen molar-refractivity contribution in [3.05, 3.63) is 52.5 Å². The molecule has 24 heavy (non-hydrogen) atoms. The second kappa shape index (κ2) is 8.26. The number of nitrogens with zero attached hydrogens (tertiary/aromatic N) is 2. The fourth-order valence-corrected chi connectivity index (χ4v) is 3.52. The number of carbonyl (C=O) groups excluding carboxylic acids is 1. The number of piperazine rings is 1. The lowest BCUT2D eigenvalue weighted by atomic mass is 10.2. The van der Waals surface area contributed by atoms with E-state index < -0.39 is 0 Å². The lowest BCUT2D eigenvalue weighted by Gasteiger charge is -2.36. The minimum atomic E-state index is -0.193. The number of thiophene rings is 1. The lowest BCUT2D eigenvalue weighted by Crippen LogP contribution is -2.47. The smallest absolute Gasteiger partial charge is 0.261 e. The van der Waals surface area contributed by atoms with Crippen molar-refractivity contribution in [2.45, 2.75) is 6.42 Å². The Morgan fingerprint density at radius 1 is 1.12 bits per heavy atom. The van der Waals surface area contributed by atoms with Gasteiger partial charge in [-0.3, -0.25) is 9.69 Å². The molecule has 1 amide bonds. The third-order valence-electron chi connectivity index (χ3n) is 4.25. The van der Waals surface area contributed by atoms with E-state index in [2.05, 4.69) is 15.1 Å². The molecule has 0 saturated carbocycles. The number of carbonyl (C=O) groups is 1. The van der Waals surface area contributed by atoms with Crippen LogP contribution in [0.5, 0.6) is 0 Å². The first-order valence-corrected chi connectivity index (χ1v) is 9.15. The minimum Gasteiger partial charge on any atom is -0.369 e. The predicted molar refractivity (Wildman–Crippen MR) is 96.3 cm³/mol. The van der Waals surface area contributed by atoms with Crippen molar-refractivity contribution in [3.63, 3.8) is 0 Å². The number of rotatable bonds is 6. The fraction of sp³-hybridized carbons (Fsp3) is 0.389. The van der Waals surface area contributed by atoms with Crippen LogP contribution in [0, 0.1) is 5.82 Å². The molecular weight excluding hydrogens is 325 g/mol. The van der Waals surface area contributed by atoms with E-state index in [0.29, 0.717) is 6.54 Å². The molecule has 128 valence electrons. The predicted octanol–water partition coefficient (Wildman–Crippen LogP) is 2.83. The van der Waals surface area contributed by atoms with Crippen LogP contribution in [0.3, 0.4) is 0 Å². The van der Waals surface area contributed by atoms with Crippen LogP contribution in [-0.4, -0.2) is 50.1 Å². The molecule has 2 heterocycles. The van der Waals surface area contributed by atoms with E-state index in [1.54, 1.807) is 0 Å². The summed E-state index contributed by atoms with van der Waals surface area (Å²) in [6.07, 6.45) is 0.952. The molecule has 1 aliphatic rings. The number of nitrogens with one attached hydrogen (secondary N) is 1. The molecule has 0 radical (unpaired) electrons. The number of hydrogen-bond donors (Lipinski definition) is 1. The molecule has 0 spiro atoms. The fourth-order valence-electron chi connectivity index (χ4n) is 2.88. The maximum Gasteiger partial charge on any atom is 0.261 e. The quantitative estimate of drug-likeness (QED) is 0.816. The first-order chi connectivity index (χ1) is 11.7. The molecule has 1 N–H and O–H groups in total. The lowest BCUT2D eigenvalue weighted by molar-refractivity contribution is 0.0955. The van der Waals surface area contributed by atoms with Crippen molar-refractivity contribution in [1.29, 1.82) is 0 Å². The van der Waals surface area contributed by atoms with Crippen LogP contribution in [-0.2, 0) is 0 Å². The molecule has 3 rings (SSSR count). The normalized spacial score (nSPS) is 15.5. The summed E-state index contributed by atoms with van der Waals surface area (Å²) < 4.78 is 13.0. The molecule has 4 nitrogen and oxygen atoms in total. The van der Waals surface area contributed by atoms with Gasteiger partial charge in [0.1, 0.15) is 5.82 Å². The second-order valence-electron chi connectivity index (χ2n) is 5.89. The van der Waals surface area contributed by atoms with Gasteiger partial charge in [0.05, 0.1) is 4.88 Å². The molecule has 1 fully saturated rings. The minimum absolute atomic E-state index is 0.0196. The summed E-state index contributed by atoms with van der Waals surface area (Å²) in [5, 5.41) is 4.88. The van der Waals surface area contributed by atoms with E-state index in [1.807, 2.05) is 29.6 Å². The Morgan fingerprint density at radius 2 is 1.88 bits per heavy atom. The molecular formula is C18H22FN3OS. The van der Waals surface area contributed by atoms with Crippen molar-refractivity contribution in [2.24, 2.45) is 0 Å². The van der Waals surface area contributed by atoms with Crippen molar-refractivity contribution < 1.29 is 9.18 Å². The van der Waals surface area contributed by atoms with Gasteiger partial charge in [-0.2, -0.15) is 0 Å². The molecule has 1 aromatic carbocycles. The average Bonchev–Trinajstić information content (AvgIpc) is 3.15. The Morgan fingerprint density at radius 3 is 2.54 bits per heavy atom. The zero-order chi connectivity index (χ0) is 16.8. The van der Waals surface area contributed by atoms with Crippen LogP contribution < -0.4 is 10.2 Å². The number of anilines is 1. The van der Waals surface area contributed by atoms with Crippen LogP contribution in [0.25, 0.3) is 0 Å². The van der Waals surface area contributed by atoms with Gasteiger partial charge in [0.25, 0.3) is 5.91 Å². The first-order valence-electron chi connectivity index (χ1n) is 8.27. The van der Waals surface area contributed by atoms with Gasteiger partial charge in [0, 0.05) is 38.4 Å². The summed E-state index contributed by atoms with van der Waals surface area (Å²) in [4.78, 5) is 17.3. The van der Waals surface area contributed by atoms with Gasteiger partial charge in [-0.15, -0.1) is 11.3 Å². The van der Waals surface area contributed by atoms with Gasteiger partial charge >= 0.3 is 0 Å². The van der Waals surface area contributed by atoms with Gasteiger partial charge in [0.2, 0.25) is 0 Å². The summed E-state index contributed by atoms with van der Waals surface area (Å²) in [7, 11) is 0. The third-order valence-corrected chi connectivity index (χ3v) is 5.11. The van der Waals surface area contributed by atoms with E-state index in [1.165, 1.54) is 23.5 Å². The van der Waals surface area contributed by atoms with E-state index in [9.17, 15) is 9.18 Å². The Hall–Kier alpha value is -1.92. The number of benzene rings is 1. The highest BCUT2D eigenvalue weighted by Gasteiger charge is 2.16. The Kier molecular flexibility index (Phi) is 5.82. The summed E-state index contributed by atoms with van der Waals surface area (Å²) in [5.41, 5.74) is 1.08. The average molecular weight is 347 g/mol. The van der Waals surface area contributed by atoms with Crippen molar-refractivity contribution >= 4 is 22.9 Å². The Labute approximate surface area is 145 Å². The van der Waals surface area contributed by atoms with Gasteiger partial charge in [0.15, 0.2) is 0 Å². The number of amides is 1. The van der Waals surface area contributed by atoms with Crippen molar-refractivity contribution in [1.82, 2.24) is 10.2 Å². The van der Waals surface area contributed by atoms with Gasteiger partial charge in [-0.1, -0.05) is 6.07 Å². The van der Waals surface area contributed by atoms with Gasteiger partial charge in [-0.25, -0.2) is 4.39 Å². The zero-order valence-electron chi connectivity index (χ0n) is 13.6. The molecule has 0 aliphatic carbocycles. The van der Waals surface area contributed by atoms with Crippen molar-refractivity contribution in [3.8, 4) is 0 Å². The molecule has 1 aliphatic heterocycles. The van der Waals surface area contributed by atoms with Crippen LogP contribution in [0.15, 0.2) is 41.8 Å². The highest BCUT2D eigenvalue weighted by atomic mass is 32.1. The van der Waals surface area contributed by atoms with Gasteiger partial charge in [-0.05, 0) is 48.7 Å². The largest absolute Gasteiger partial charge is 0.369 e. The Balaban J connectivity index is 1.34. The van der Waals surface area contributed by atoms with E-state index in [-0.39, 0.29) is 11.7 Å². The van der Waals surface area contributed by atoms with Crippen LogP contribution in [0.1, 0.15) is 16.1 Å². The SMILES string of the molecule is O=C(NCCCN1CCN(c2ccc(F)cc2)CC1)c1cccs1. The molecule has 1 saturated heterocycles. The monoisotopic (exact) mass is 347 g/mol. The topological polar surface area (TPSA) is 35.6 Å². The maximum absolute atomic E-state index is 13.0. The summed E-state index contributed by atoms with van der Waals surface area (Å²) in [6, 6.07) is 10.4. The molecule has 6 heteroatoms. The van der Waals surface area contributed by atoms with Gasteiger partial charge < -0.3 is 10.2 Å². The summed E-state index contributed by atoms with van der Waals surface area (Å²) in [6.45, 7) is 5.59. The standard InChI is InChI=1S/C18H22FN3OS/c19-15-4-6-16(7-5-15)22-12-10-21(11-13-22)9-2-8-20-18(23)17-3-1-14-24-17/h1,3-7,14H,2,8-13H2,(H,20,23). The summed E-state index contributed by atoms with van der Waals surface area (Å²) >= 11 is 1.46. The first kappa shape index (κ1) is 16.9. The molecule has 0 unspecified atom stereocenters. The Bertz CT molecular complexity index is 637. The number of halogens is 1. The van der Waals surface area contributed by atoms with Crippen LogP contribution in [0.4, 0.5) is 10.1 Å². The molecule has 1 aromatic heterocycles. The van der Waals surface area contributed by atoms with E-state index in [4.69, 9.17) is 0 Å². The number of hydrogen-bond acceptors (Lipinski definition) is 4. The highest BCUT2D eigenvalue weighted by molar-refractivity contribution is 7.12. The zero-order valence-corrected chi connectivity index (χ0v) is 14.4. The second-order valence-corrected chi connectivity index (χ2v) is 6.84. The van der Waals surface area contributed by atoms with Crippen LogP contribution >= 0.6 is 11.3 Å². The maximum atomic E-state index is 13.0. The molecule has 0 bridgehead atoms. The van der Waals surface area contributed by atoms with Crippen molar-refractivity contribution in [2.75, 3.05) is 44.2 Å². The van der Waals surface area contributed by atoms with E-state index >= 15 is 0 Å². The van der Waals surface area contributed by atoms with Crippen LogP contribution in [0.2, 0.25) is 0 Å².